The maximum atomic E-state index is 11.1. The van der Waals surface area contributed by atoms with E-state index >= 15 is 0 Å². The number of hydrogen-bond acceptors (Lipinski definition) is 2. The van der Waals surface area contributed by atoms with Gasteiger partial charge < -0.3 is 5.11 Å². The molecule has 0 amide bonds. The lowest BCUT2D eigenvalue weighted by atomic mass is 10.1. The number of aromatic nitrogens is 2. The Hall–Kier alpha value is -1.81. The van der Waals surface area contributed by atoms with Gasteiger partial charge in [0.05, 0.1) is 0 Å². The zero-order valence-corrected chi connectivity index (χ0v) is 9.98. The van der Waals surface area contributed by atoms with Crippen molar-refractivity contribution in [1.29, 1.82) is 0 Å². The van der Waals surface area contributed by atoms with Crippen LogP contribution >= 0.6 is 11.6 Å². The molecule has 88 valence electrons. The normalized spacial score (nSPS) is 10.5. The van der Waals surface area contributed by atoms with E-state index in [9.17, 15) is 4.79 Å². The number of carbonyl (C=O) groups is 1. The van der Waals surface area contributed by atoms with Crippen LogP contribution in [0.2, 0.25) is 5.02 Å². The molecule has 0 atom stereocenters. The molecule has 0 unspecified atom stereocenters. The summed E-state index contributed by atoms with van der Waals surface area (Å²) in [6.45, 7) is 2.53. The third-order valence-electron chi connectivity index (χ3n) is 2.41. The number of aryl methyl sites for hydroxylation is 1. The van der Waals surface area contributed by atoms with Gasteiger partial charge in [-0.15, -0.1) is 0 Å². The Balaban J connectivity index is 2.57. The maximum Gasteiger partial charge on any atom is 0.339 e. The third-order valence-corrected chi connectivity index (χ3v) is 2.65. The molecule has 0 aliphatic heterocycles. The highest BCUT2D eigenvalue weighted by molar-refractivity contribution is 6.30. The highest BCUT2D eigenvalue weighted by Crippen LogP contribution is 2.24. The van der Waals surface area contributed by atoms with Crippen LogP contribution in [0.1, 0.15) is 17.3 Å². The van der Waals surface area contributed by atoms with E-state index in [2.05, 4.69) is 5.10 Å². The molecule has 5 heteroatoms. The molecule has 1 aromatic carbocycles. The van der Waals surface area contributed by atoms with Crippen molar-refractivity contribution < 1.29 is 9.90 Å². The summed E-state index contributed by atoms with van der Waals surface area (Å²) in [5.74, 6) is -0.986. The second-order valence-electron chi connectivity index (χ2n) is 3.56. The topological polar surface area (TPSA) is 55.1 Å². The number of carboxylic acid groups (broad SMARTS) is 1. The first-order chi connectivity index (χ1) is 8.11. The Morgan fingerprint density at radius 2 is 2.29 bits per heavy atom. The van der Waals surface area contributed by atoms with Gasteiger partial charge in [-0.3, -0.25) is 4.68 Å². The van der Waals surface area contributed by atoms with Crippen molar-refractivity contribution in [1.82, 2.24) is 9.78 Å². The van der Waals surface area contributed by atoms with Crippen LogP contribution in [0, 0.1) is 0 Å². The van der Waals surface area contributed by atoms with Gasteiger partial charge in [0, 0.05) is 23.3 Å². The largest absolute Gasteiger partial charge is 0.478 e. The van der Waals surface area contributed by atoms with Crippen molar-refractivity contribution in [2.75, 3.05) is 0 Å². The van der Waals surface area contributed by atoms with E-state index in [-0.39, 0.29) is 5.56 Å². The molecule has 0 saturated heterocycles. The van der Waals surface area contributed by atoms with Crippen LogP contribution in [0.15, 0.2) is 30.5 Å². The van der Waals surface area contributed by atoms with Gasteiger partial charge >= 0.3 is 5.97 Å². The van der Waals surface area contributed by atoms with Crippen molar-refractivity contribution in [3.63, 3.8) is 0 Å². The summed E-state index contributed by atoms with van der Waals surface area (Å²) < 4.78 is 1.60. The summed E-state index contributed by atoms with van der Waals surface area (Å²) >= 11 is 5.89. The second-order valence-corrected chi connectivity index (χ2v) is 4.00. The minimum Gasteiger partial charge on any atom is -0.478 e. The van der Waals surface area contributed by atoms with Crippen LogP contribution in [0.25, 0.3) is 11.3 Å². The van der Waals surface area contributed by atoms with Crippen molar-refractivity contribution in [2.45, 2.75) is 13.5 Å². The van der Waals surface area contributed by atoms with Crippen LogP contribution in [-0.4, -0.2) is 20.9 Å². The Labute approximate surface area is 103 Å². The molecule has 0 spiro atoms. The summed E-state index contributed by atoms with van der Waals surface area (Å²) in [4.78, 5) is 11.1. The van der Waals surface area contributed by atoms with E-state index in [1.54, 1.807) is 28.9 Å². The molecule has 2 rings (SSSR count). The summed E-state index contributed by atoms with van der Waals surface area (Å²) in [5.41, 5.74) is 1.35. The zero-order valence-electron chi connectivity index (χ0n) is 9.22. The van der Waals surface area contributed by atoms with Gasteiger partial charge in [0.25, 0.3) is 0 Å². The maximum absolute atomic E-state index is 11.1. The van der Waals surface area contributed by atoms with Gasteiger partial charge in [-0.1, -0.05) is 23.7 Å². The Kier molecular flexibility index (Phi) is 3.15. The zero-order chi connectivity index (χ0) is 12.4. The molecule has 1 N–H and O–H groups in total. The van der Waals surface area contributed by atoms with Crippen molar-refractivity contribution in [3.8, 4) is 11.3 Å². The Morgan fingerprint density at radius 1 is 1.53 bits per heavy atom. The SMILES string of the molecule is CCn1cc(C(=O)O)c(-c2cccc(Cl)c2)n1. The Bertz CT molecular complexity index is 563. The molecule has 1 heterocycles. The molecule has 2 aromatic rings. The highest BCUT2D eigenvalue weighted by atomic mass is 35.5. The molecule has 17 heavy (non-hydrogen) atoms. The van der Waals surface area contributed by atoms with Crippen LogP contribution in [-0.2, 0) is 6.54 Å². The second kappa shape index (κ2) is 4.59. The first-order valence-corrected chi connectivity index (χ1v) is 5.56. The highest BCUT2D eigenvalue weighted by Gasteiger charge is 2.16. The smallest absolute Gasteiger partial charge is 0.339 e. The van der Waals surface area contributed by atoms with Gasteiger partial charge in [-0.2, -0.15) is 5.10 Å². The minimum atomic E-state index is -0.986. The van der Waals surface area contributed by atoms with Crippen molar-refractivity contribution in [2.24, 2.45) is 0 Å². The van der Waals surface area contributed by atoms with E-state index in [1.807, 2.05) is 6.92 Å². The third kappa shape index (κ3) is 2.31. The monoisotopic (exact) mass is 250 g/mol. The lowest BCUT2D eigenvalue weighted by molar-refractivity contribution is 0.0697. The number of nitrogens with zero attached hydrogens (tertiary/aromatic N) is 2. The fraction of sp³-hybridized carbons (Fsp3) is 0.167. The summed E-state index contributed by atoms with van der Waals surface area (Å²) in [5, 5.41) is 13.9. The average Bonchev–Trinajstić information content (AvgIpc) is 2.73. The first-order valence-electron chi connectivity index (χ1n) is 5.18. The molecule has 0 aliphatic rings. The molecule has 0 saturated carbocycles. The number of aromatic carboxylic acids is 1. The quantitative estimate of drug-likeness (QED) is 0.911. The van der Waals surface area contributed by atoms with E-state index in [1.165, 1.54) is 6.20 Å². The number of carboxylic acids is 1. The summed E-state index contributed by atoms with van der Waals surface area (Å²) in [6.07, 6.45) is 1.53. The summed E-state index contributed by atoms with van der Waals surface area (Å²) in [6, 6.07) is 7.01. The van der Waals surface area contributed by atoms with Gasteiger partial charge in [-0.25, -0.2) is 4.79 Å². The number of halogens is 1. The predicted octanol–water partition coefficient (Wildman–Crippen LogP) is 2.92. The fourth-order valence-electron chi connectivity index (χ4n) is 1.59. The van der Waals surface area contributed by atoms with E-state index in [0.29, 0.717) is 22.8 Å². The fourth-order valence-corrected chi connectivity index (χ4v) is 1.78. The number of hydrogen-bond donors (Lipinski definition) is 1. The lowest BCUT2D eigenvalue weighted by Gasteiger charge is -1.99. The van der Waals surface area contributed by atoms with Gasteiger partial charge in [0.1, 0.15) is 11.3 Å². The summed E-state index contributed by atoms with van der Waals surface area (Å²) in [7, 11) is 0. The van der Waals surface area contributed by atoms with Crippen LogP contribution < -0.4 is 0 Å². The van der Waals surface area contributed by atoms with E-state index in [4.69, 9.17) is 16.7 Å². The molecule has 0 fully saturated rings. The number of rotatable bonds is 3. The molecular formula is C12H11ClN2O2. The van der Waals surface area contributed by atoms with Crippen LogP contribution in [0.4, 0.5) is 0 Å². The predicted molar refractivity (Wildman–Crippen MR) is 65.3 cm³/mol. The molecule has 0 radical (unpaired) electrons. The van der Waals surface area contributed by atoms with Crippen LogP contribution in [0.3, 0.4) is 0 Å². The standard InChI is InChI=1S/C12H11ClN2O2/c1-2-15-7-10(12(16)17)11(14-15)8-4-3-5-9(13)6-8/h3-7H,2H2,1H3,(H,16,17). The van der Waals surface area contributed by atoms with Crippen molar-refractivity contribution in [3.05, 3.63) is 41.0 Å². The average molecular weight is 251 g/mol. The number of benzene rings is 1. The van der Waals surface area contributed by atoms with E-state index in [0.717, 1.165) is 0 Å². The first kappa shape index (κ1) is 11.7. The lowest BCUT2D eigenvalue weighted by Crippen LogP contribution is -1.96. The van der Waals surface area contributed by atoms with E-state index < -0.39 is 5.97 Å². The van der Waals surface area contributed by atoms with Crippen molar-refractivity contribution >= 4 is 17.6 Å². The Morgan fingerprint density at radius 3 is 2.88 bits per heavy atom. The molecule has 1 aromatic heterocycles. The minimum absolute atomic E-state index is 0.189. The van der Waals surface area contributed by atoms with Crippen LogP contribution in [0.5, 0.6) is 0 Å². The van der Waals surface area contributed by atoms with Gasteiger partial charge in [0.15, 0.2) is 0 Å². The van der Waals surface area contributed by atoms with Gasteiger partial charge in [0.2, 0.25) is 0 Å². The molecule has 0 aliphatic carbocycles. The van der Waals surface area contributed by atoms with Gasteiger partial charge in [-0.05, 0) is 19.1 Å². The molecule has 0 bridgehead atoms. The molecule has 4 nitrogen and oxygen atoms in total. The molecular weight excluding hydrogens is 240 g/mol.